The number of carbonyl (C=O) groups excluding carboxylic acids is 1. The Balaban J connectivity index is 3.25. The van der Waals surface area contributed by atoms with Gasteiger partial charge in [0, 0.05) is 7.05 Å². The van der Waals surface area contributed by atoms with Gasteiger partial charge in [-0.1, -0.05) is 12.7 Å². The number of amides is 1. The van der Waals surface area contributed by atoms with Crippen LogP contribution in [0.5, 0.6) is 5.75 Å². The fourth-order valence-electron chi connectivity index (χ4n) is 1.53. The molecular formula is C14H13F3N2O2. The van der Waals surface area contributed by atoms with E-state index in [1.165, 1.54) is 13.1 Å². The van der Waals surface area contributed by atoms with Crippen LogP contribution in [0.4, 0.5) is 13.2 Å². The highest BCUT2D eigenvalue weighted by atomic mass is 19.4. The van der Waals surface area contributed by atoms with E-state index in [0.29, 0.717) is 6.07 Å². The molecule has 0 aliphatic carbocycles. The van der Waals surface area contributed by atoms with Crippen LogP contribution in [0.25, 0.3) is 0 Å². The van der Waals surface area contributed by atoms with E-state index in [-0.39, 0.29) is 24.5 Å². The van der Waals surface area contributed by atoms with Crippen LogP contribution < -0.4 is 4.74 Å². The Morgan fingerprint density at radius 1 is 1.52 bits per heavy atom. The number of carbonyl (C=O) groups is 1. The molecule has 1 amide bonds. The number of ether oxygens (including phenoxy) is 1. The molecule has 0 saturated carbocycles. The van der Waals surface area contributed by atoms with Crippen molar-refractivity contribution in [3.63, 3.8) is 0 Å². The average Bonchev–Trinajstić information content (AvgIpc) is 2.43. The molecule has 0 saturated heterocycles. The third kappa shape index (κ3) is 4.24. The Kier molecular flexibility index (Phi) is 5.36. The molecule has 0 spiro atoms. The number of benzene rings is 1. The van der Waals surface area contributed by atoms with E-state index in [0.717, 1.165) is 17.0 Å². The molecule has 0 atom stereocenters. The molecule has 0 aliphatic rings. The zero-order valence-electron chi connectivity index (χ0n) is 11.3. The van der Waals surface area contributed by atoms with Crippen molar-refractivity contribution in [2.75, 3.05) is 20.2 Å². The van der Waals surface area contributed by atoms with Crippen molar-refractivity contribution >= 4 is 5.91 Å². The molecule has 21 heavy (non-hydrogen) atoms. The predicted octanol–water partition coefficient (Wildman–Crippen LogP) is 2.87. The van der Waals surface area contributed by atoms with Crippen molar-refractivity contribution in [2.24, 2.45) is 0 Å². The van der Waals surface area contributed by atoms with Crippen LogP contribution >= 0.6 is 0 Å². The van der Waals surface area contributed by atoms with Crippen LogP contribution in [0.1, 0.15) is 15.9 Å². The Hall–Kier alpha value is -2.49. The SMILES string of the molecule is C=CCOc1ccc(C(F)(F)F)cc1C(=O)N(C)CC#N. The summed E-state index contributed by atoms with van der Waals surface area (Å²) in [6.45, 7) is 3.24. The third-order valence-electron chi connectivity index (χ3n) is 2.55. The molecule has 1 rings (SSSR count). The smallest absolute Gasteiger partial charge is 0.416 e. The molecule has 0 aliphatic heterocycles. The summed E-state index contributed by atoms with van der Waals surface area (Å²) in [7, 11) is 1.32. The minimum absolute atomic E-state index is 0.0117. The third-order valence-corrected chi connectivity index (χ3v) is 2.55. The van der Waals surface area contributed by atoms with Crippen LogP contribution in [0.2, 0.25) is 0 Å². The van der Waals surface area contributed by atoms with Gasteiger partial charge in [-0.15, -0.1) is 0 Å². The van der Waals surface area contributed by atoms with Gasteiger partial charge in [0.05, 0.1) is 17.2 Å². The highest BCUT2D eigenvalue weighted by molar-refractivity contribution is 5.97. The van der Waals surface area contributed by atoms with Gasteiger partial charge in [-0.2, -0.15) is 18.4 Å². The number of rotatable bonds is 5. The summed E-state index contributed by atoms with van der Waals surface area (Å²) in [5.74, 6) is -0.709. The summed E-state index contributed by atoms with van der Waals surface area (Å²) in [6.07, 6.45) is -3.16. The van der Waals surface area contributed by atoms with Crippen molar-refractivity contribution < 1.29 is 22.7 Å². The van der Waals surface area contributed by atoms with Crippen molar-refractivity contribution in [3.8, 4) is 11.8 Å². The van der Waals surface area contributed by atoms with Gasteiger partial charge >= 0.3 is 6.18 Å². The Bertz CT molecular complexity index is 577. The lowest BCUT2D eigenvalue weighted by atomic mass is 10.1. The topological polar surface area (TPSA) is 53.3 Å². The maximum Gasteiger partial charge on any atom is 0.416 e. The van der Waals surface area contributed by atoms with E-state index in [4.69, 9.17) is 10.00 Å². The summed E-state index contributed by atoms with van der Waals surface area (Å²) < 4.78 is 43.4. The summed E-state index contributed by atoms with van der Waals surface area (Å²) in [5.41, 5.74) is -1.20. The highest BCUT2D eigenvalue weighted by Crippen LogP contribution is 2.33. The monoisotopic (exact) mass is 298 g/mol. The van der Waals surface area contributed by atoms with Crippen LogP contribution in [-0.4, -0.2) is 31.0 Å². The first-order valence-corrected chi connectivity index (χ1v) is 5.88. The van der Waals surface area contributed by atoms with E-state index in [1.807, 2.05) is 0 Å². The van der Waals surface area contributed by atoms with E-state index in [2.05, 4.69) is 6.58 Å². The van der Waals surface area contributed by atoms with Crippen molar-refractivity contribution in [3.05, 3.63) is 42.0 Å². The second-order valence-electron chi connectivity index (χ2n) is 4.13. The zero-order valence-corrected chi connectivity index (χ0v) is 11.3. The molecular weight excluding hydrogens is 285 g/mol. The first-order chi connectivity index (χ1) is 9.81. The first-order valence-electron chi connectivity index (χ1n) is 5.88. The standard InChI is InChI=1S/C14H13F3N2O2/c1-3-8-21-12-5-4-10(14(15,16)17)9-11(12)13(20)19(2)7-6-18/h3-5,9H,1,7-8H2,2H3. The maximum absolute atomic E-state index is 12.7. The van der Waals surface area contributed by atoms with E-state index >= 15 is 0 Å². The summed E-state index contributed by atoms with van der Waals surface area (Å²) in [6, 6.07) is 4.38. The number of alkyl halides is 3. The van der Waals surface area contributed by atoms with Crippen molar-refractivity contribution in [2.45, 2.75) is 6.18 Å². The normalized spacial score (nSPS) is 10.6. The van der Waals surface area contributed by atoms with Gasteiger partial charge in [0.15, 0.2) is 0 Å². The molecule has 1 aromatic carbocycles. The van der Waals surface area contributed by atoms with Crippen molar-refractivity contribution in [1.29, 1.82) is 5.26 Å². The average molecular weight is 298 g/mol. The zero-order chi connectivity index (χ0) is 16.0. The van der Waals surface area contributed by atoms with Gasteiger partial charge in [0.25, 0.3) is 5.91 Å². The fourth-order valence-corrected chi connectivity index (χ4v) is 1.53. The van der Waals surface area contributed by atoms with Crippen LogP contribution in [-0.2, 0) is 6.18 Å². The van der Waals surface area contributed by atoms with E-state index in [1.54, 1.807) is 6.07 Å². The summed E-state index contributed by atoms with van der Waals surface area (Å²) >= 11 is 0. The molecule has 0 fully saturated rings. The first kappa shape index (κ1) is 16.6. The molecule has 4 nitrogen and oxygen atoms in total. The molecule has 112 valence electrons. The lowest BCUT2D eigenvalue weighted by Gasteiger charge is -2.17. The lowest BCUT2D eigenvalue weighted by molar-refractivity contribution is -0.137. The molecule has 0 radical (unpaired) electrons. The number of halogens is 3. The quantitative estimate of drug-likeness (QED) is 0.620. The van der Waals surface area contributed by atoms with Gasteiger partial charge in [-0.05, 0) is 18.2 Å². The van der Waals surface area contributed by atoms with Crippen molar-refractivity contribution in [1.82, 2.24) is 4.90 Å². The van der Waals surface area contributed by atoms with Gasteiger partial charge in [0.1, 0.15) is 18.9 Å². The minimum atomic E-state index is -4.57. The van der Waals surface area contributed by atoms with Crippen LogP contribution in [0.3, 0.4) is 0 Å². The number of hydrogen-bond acceptors (Lipinski definition) is 3. The van der Waals surface area contributed by atoms with E-state index < -0.39 is 17.6 Å². The maximum atomic E-state index is 12.7. The second-order valence-corrected chi connectivity index (χ2v) is 4.13. The molecule has 7 heteroatoms. The Morgan fingerprint density at radius 3 is 2.71 bits per heavy atom. The molecule has 0 heterocycles. The van der Waals surface area contributed by atoms with E-state index in [9.17, 15) is 18.0 Å². The molecule has 1 aromatic rings. The van der Waals surface area contributed by atoms with Crippen LogP contribution in [0.15, 0.2) is 30.9 Å². The van der Waals surface area contributed by atoms with Gasteiger partial charge in [0.2, 0.25) is 0 Å². The predicted molar refractivity (Wildman–Crippen MR) is 69.7 cm³/mol. The van der Waals surface area contributed by atoms with Gasteiger partial charge in [-0.3, -0.25) is 4.79 Å². The number of hydrogen-bond donors (Lipinski definition) is 0. The van der Waals surface area contributed by atoms with Crippen LogP contribution in [0, 0.1) is 11.3 Å². The second kappa shape index (κ2) is 6.79. The molecule has 0 bridgehead atoms. The molecule has 0 aromatic heterocycles. The largest absolute Gasteiger partial charge is 0.489 e. The number of nitrogens with zero attached hydrogens (tertiary/aromatic N) is 2. The summed E-state index contributed by atoms with van der Waals surface area (Å²) in [4.78, 5) is 13.1. The number of nitriles is 1. The summed E-state index contributed by atoms with van der Waals surface area (Å²) in [5, 5.41) is 8.56. The minimum Gasteiger partial charge on any atom is -0.489 e. The van der Waals surface area contributed by atoms with Gasteiger partial charge in [-0.25, -0.2) is 0 Å². The lowest BCUT2D eigenvalue weighted by Crippen LogP contribution is -2.27. The molecule has 0 unspecified atom stereocenters. The Morgan fingerprint density at radius 2 is 2.19 bits per heavy atom. The fraction of sp³-hybridized carbons (Fsp3) is 0.286. The highest BCUT2D eigenvalue weighted by Gasteiger charge is 2.32. The molecule has 0 N–H and O–H groups in total. The Labute approximate surface area is 120 Å². The van der Waals surface area contributed by atoms with Gasteiger partial charge < -0.3 is 9.64 Å².